The van der Waals surface area contributed by atoms with Gasteiger partial charge in [-0.25, -0.2) is 4.79 Å². The van der Waals surface area contributed by atoms with E-state index >= 15 is 0 Å². The Labute approximate surface area is 216 Å². The molecule has 3 amide bonds. The zero-order chi connectivity index (χ0) is 26.8. The topological polar surface area (TPSA) is 111 Å². The largest absolute Gasteiger partial charge is 0.494 e. The molecular formula is C28H32N4O5. The van der Waals surface area contributed by atoms with Gasteiger partial charge in [0.25, 0.3) is 0 Å². The predicted molar refractivity (Wildman–Crippen MR) is 145 cm³/mol. The van der Waals surface area contributed by atoms with Gasteiger partial charge in [-0.15, -0.1) is 0 Å². The summed E-state index contributed by atoms with van der Waals surface area (Å²) in [5.41, 5.74) is 3.77. The molecule has 2 aromatic carbocycles. The Morgan fingerprint density at radius 1 is 1.05 bits per heavy atom. The van der Waals surface area contributed by atoms with Gasteiger partial charge in [0.05, 0.1) is 19.2 Å². The molecule has 0 saturated carbocycles. The number of nitrogens with one attached hydrogen (secondary N) is 2. The van der Waals surface area contributed by atoms with Crippen molar-refractivity contribution >= 4 is 35.0 Å². The molecular weight excluding hydrogens is 472 g/mol. The average molecular weight is 505 g/mol. The zero-order valence-electron chi connectivity index (χ0n) is 21.2. The van der Waals surface area contributed by atoms with Gasteiger partial charge in [0.15, 0.2) is 0 Å². The summed E-state index contributed by atoms with van der Waals surface area (Å²) in [5, 5.41) is 14.5. The summed E-state index contributed by atoms with van der Waals surface area (Å²) in [6.07, 6.45) is 10.0. The van der Waals surface area contributed by atoms with E-state index in [9.17, 15) is 14.4 Å². The van der Waals surface area contributed by atoms with Crippen LogP contribution < -0.4 is 20.3 Å². The fourth-order valence-corrected chi connectivity index (χ4v) is 3.76. The highest BCUT2D eigenvalue weighted by molar-refractivity contribution is 6.01. The van der Waals surface area contributed by atoms with Crippen LogP contribution in [0, 0.1) is 6.92 Å². The van der Waals surface area contributed by atoms with E-state index in [1.807, 2.05) is 66.7 Å². The molecule has 3 N–H and O–H groups in total. The second kappa shape index (κ2) is 13.0. The first-order valence-electron chi connectivity index (χ1n) is 11.9. The SMILES string of the molecule is COc1cc(N(CCC2=CC=CN(CCC(=O)O)C=C2)C(C)=O)ccc1NC(=O)Nc1ccccc1C. The van der Waals surface area contributed by atoms with E-state index in [-0.39, 0.29) is 12.3 Å². The minimum atomic E-state index is -0.847. The molecule has 0 aliphatic carbocycles. The number of methoxy groups -OCH3 is 1. The first-order chi connectivity index (χ1) is 17.8. The van der Waals surface area contributed by atoms with Crippen LogP contribution >= 0.6 is 0 Å². The maximum atomic E-state index is 12.5. The number of para-hydroxylation sites is 1. The number of carbonyl (C=O) groups is 3. The number of carboxylic acids is 1. The number of amides is 3. The van der Waals surface area contributed by atoms with Gasteiger partial charge in [-0.2, -0.15) is 0 Å². The number of carboxylic acid groups (broad SMARTS) is 1. The Hall–Kier alpha value is -4.53. The summed E-state index contributed by atoms with van der Waals surface area (Å²) in [6, 6.07) is 12.3. The first-order valence-corrected chi connectivity index (χ1v) is 11.9. The van der Waals surface area contributed by atoms with E-state index < -0.39 is 12.0 Å². The number of nitrogens with zero attached hydrogens (tertiary/aromatic N) is 2. The van der Waals surface area contributed by atoms with Gasteiger partial charge in [0, 0.05) is 49.9 Å². The second-order valence-electron chi connectivity index (χ2n) is 8.48. The number of aliphatic carboxylic acids is 1. The number of anilines is 3. The summed E-state index contributed by atoms with van der Waals surface area (Å²) in [5.74, 6) is -0.550. The van der Waals surface area contributed by atoms with E-state index in [4.69, 9.17) is 9.84 Å². The molecule has 0 spiro atoms. The van der Waals surface area contributed by atoms with Crippen LogP contribution in [0.1, 0.15) is 25.3 Å². The van der Waals surface area contributed by atoms with Crippen molar-refractivity contribution in [3.63, 3.8) is 0 Å². The number of hydrogen-bond donors (Lipinski definition) is 3. The highest BCUT2D eigenvalue weighted by Gasteiger charge is 2.16. The van der Waals surface area contributed by atoms with Crippen molar-refractivity contribution < 1.29 is 24.2 Å². The lowest BCUT2D eigenvalue weighted by atomic mass is 10.1. The van der Waals surface area contributed by atoms with Crippen molar-refractivity contribution in [1.29, 1.82) is 0 Å². The van der Waals surface area contributed by atoms with Crippen molar-refractivity contribution in [1.82, 2.24) is 4.90 Å². The number of allylic oxidation sites excluding steroid dienone is 3. The normalized spacial score (nSPS) is 12.4. The molecule has 1 aliphatic rings. The van der Waals surface area contributed by atoms with Crippen molar-refractivity contribution in [3.8, 4) is 5.75 Å². The number of aryl methyl sites for hydroxylation is 1. The number of ether oxygens (including phenoxy) is 1. The minimum Gasteiger partial charge on any atom is -0.494 e. The second-order valence-corrected chi connectivity index (χ2v) is 8.48. The number of rotatable bonds is 10. The van der Waals surface area contributed by atoms with E-state index in [1.165, 1.54) is 14.0 Å². The van der Waals surface area contributed by atoms with Crippen LogP contribution in [-0.4, -0.2) is 48.1 Å². The Morgan fingerprint density at radius 2 is 1.81 bits per heavy atom. The van der Waals surface area contributed by atoms with Crippen molar-refractivity contribution in [2.45, 2.75) is 26.7 Å². The smallest absolute Gasteiger partial charge is 0.323 e. The van der Waals surface area contributed by atoms with Crippen molar-refractivity contribution in [2.75, 3.05) is 35.7 Å². The van der Waals surface area contributed by atoms with E-state index in [1.54, 1.807) is 23.1 Å². The summed E-state index contributed by atoms with van der Waals surface area (Å²) in [6.45, 7) is 4.22. The first kappa shape index (κ1) is 27.1. The van der Waals surface area contributed by atoms with Crippen LogP contribution in [0.4, 0.5) is 21.9 Å². The molecule has 1 heterocycles. The zero-order valence-corrected chi connectivity index (χ0v) is 21.2. The monoisotopic (exact) mass is 504 g/mol. The highest BCUT2D eigenvalue weighted by Crippen LogP contribution is 2.31. The molecule has 9 nitrogen and oxygen atoms in total. The van der Waals surface area contributed by atoms with Gasteiger partial charge in [-0.3, -0.25) is 9.59 Å². The molecule has 0 aromatic heterocycles. The molecule has 9 heteroatoms. The summed E-state index contributed by atoms with van der Waals surface area (Å²) >= 11 is 0. The standard InChI is InChI=1S/C28H32N4O5/c1-20-7-4-5-9-24(20)29-28(36)30-25-11-10-23(19-26(25)37-3)32(21(2)33)18-13-22-8-6-15-31(16-12-22)17-14-27(34)35/h4-12,15-16,19H,13-14,17-18H2,1-3H3,(H,34,35)(H2,29,30,36). The van der Waals surface area contributed by atoms with Crippen LogP contribution in [0.3, 0.4) is 0 Å². The number of hydrogen-bond acceptors (Lipinski definition) is 5. The average Bonchev–Trinajstić information content (AvgIpc) is 3.10. The lowest BCUT2D eigenvalue weighted by Gasteiger charge is -2.23. The molecule has 3 rings (SSSR count). The summed E-state index contributed by atoms with van der Waals surface area (Å²) in [4.78, 5) is 39.3. The van der Waals surface area contributed by atoms with Gasteiger partial charge >= 0.3 is 12.0 Å². The number of carbonyl (C=O) groups excluding carboxylic acids is 2. The Balaban J connectivity index is 1.66. The number of benzene rings is 2. The Bertz CT molecular complexity index is 1230. The quantitative estimate of drug-likeness (QED) is 0.413. The molecule has 2 aromatic rings. The molecule has 0 radical (unpaired) electrons. The summed E-state index contributed by atoms with van der Waals surface area (Å²) in [7, 11) is 1.51. The van der Waals surface area contributed by atoms with Gasteiger partial charge in [0.2, 0.25) is 5.91 Å². The van der Waals surface area contributed by atoms with E-state index in [0.29, 0.717) is 42.3 Å². The van der Waals surface area contributed by atoms with Crippen LogP contribution in [0.5, 0.6) is 5.75 Å². The molecule has 1 aliphatic heterocycles. The third kappa shape index (κ3) is 7.99. The lowest BCUT2D eigenvalue weighted by Crippen LogP contribution is -2.29. The fourth-order valence-electron chi connectivity index (χ4n) is 3.76. The highest BCUT2D eigenvalue weighted by atomic mass is 16.5. The maximum absolute atomic E-state index is 12.5. The van der Waals surface area contributed by atoms with E-state index in [2.05, 4.69) is 10.6 Å². The third-order valence-electron chi connectivity index (χ3n) is 5.79. The minimum absolute atomic E-state index is 0.0440. The predicted octanol–water partition coefficient (Wildman–Crippen LogP) is 5.13. The van der Waals surface area contributed by atoms with Gasteiger partial charge in [-0.05, 0) is 54.8 Å². The lowest BCUT2D eigenvalue weighted by molar-refractivity contribution is -0.137. The van der Waals surface area contributed by atoms with Crippen molar-refractivity contribution in [3.05, 3.63) is 84.2 Å². The Kier molecular flexibility index (Phi) is 9.48. The van der Waals surface area contributed by atoms with Crippen molar-refractivity contribution in [2.24, 2.45) is 0 Å². The molecule has 194 valence electrons. The van der Waals surface area contributed by atoms with Crippen LogP contribution in [0.15, 0.2) is 78.7 Å². The fraction of sp³-hybridized carbons (Fsp3) is 0.250. The van der Waals surface area contributed by atoms with Crippen LogP contribution in [0.2, 0.25) is 0 Å². The third-order valence-corrected chi connectivity index (χ3v) is 5.79. The summed E-state index contributed by atoms with van der Waals surface area (Å²) < 4.78 is 5.49. The molecule has 0 fully saturated rings. The van der Waals surface area contributed by atoms with Gasteiger partial charge in [-0.1, -0.05) is 24.3 Å². The molecule has 0 bridgehead atoms. The maximum Gasteiger partial charge on any atom is 0.323 e. The van der Waals surface area contributed by atoms with Crippen LogP contribution in [-0.2, 0) is 9.59 Å². The molecule has 0 atom stereocenters. The van der Waals surface area contributed by atoms with Gasteiger partial charge < -0.3 is 30.3 Å². The van der Waals surface area contributed by atoms with Crippen LogP contribution in [0.25, 0.3) is 0 Å². The van der Waals surface area contributed by atoms with E-state index in [0.717, 1.165) is 11.1 Å². The van der Waals surface area contributed by atoms with Gasteiger partial charge in [0.1, 0.15) is 5.75 Å². The Morgan fingerprint density at radius 3 is 2.51 bits per heavy atom. The molecule has 0 saturated heterocycles. The molecule has 0 unspecified atom stereocenters. The molecule has 37 heavy (non-hydrogen) atoms. The number of urea groups is 1.